The van der Waals surface area contributed by atoms with Gasteiger partial charge in [-0.15, -0.1) is 6.42 Å². The SMILES string of the molecule is C#CCN(C)S(=O)(=O)Cc1ccc(CNCCC)cc1. The van der Waals surface area contributed by atoms with Gasteiger partial charge in [0, 0.05) is 13.6 Å². The number of hydrogen-bond acceptors (Lipinski definition) is 3. The molecule has 0 aliphatic heterocycles. The Morgan fingerprint density at radius 1 is 1.25 bits per heavy atom. The summed E-state index contributed by atoms with van der Waals surface area (Å²) in [5.74, 6) is 2.32. The quantitative estimate of drug-likeness (QED) is 0.585. The molecule has 0 saturated carbocycles. The molecule has 0 aliphatic rings. The molecule has 1 aromatic rings. The monoisotopic (exact) mass is 294 g/mol. The van der Waals surface area contributed by atoms with Crippen molar-refractivity contribution in [1.82, 2.24) is 9.62 Å². The van der Waals surface area contributed by atoms with Crippen LogP contribution >= 0.6 is 0 Å². The molecule has 0 unspecified atom stereocenters. The van der Waals surface area contributed by atoms with E-state index in [9.17, 15) is 8.42 Å². The maximum atomic E-state index is 12.0. The topological polar surface area (TPSA) is 49.4 Å². The van der Waals surface area contributed by atoms with Gasteiger partial charge in [0.15, 0.2) is 0 Å². The number of benzene rings is 1. The predicted octanol–water partition coefficient (Wildman–Crippen LogP) is 1.58. The lowest BCUT2D eigenvalue weighted by Gasteiger charge is -2.14. The van der Waals surface area contributed by atoms with Gasteiger partial charge in [-0.1, -0.05) is 37.1 Å². The standard InChI is InChI=1S/C15H22N2O2S/c1-4-10-16-12-14-6-8-15(9-7-14)13-20(18,19)17(3)11-5-2/h2,6-9,16H,4,10-13H2,1,3H3. The fourth-order valence-corrected chi connectivity index (χ4v) is 2.82. The first-order valence-electron chi connectivity index (χ1n) is 6.65. The van der Waals surface area contributed by atoms with Crippen LogP contribution in [-0.4, -0.2) is 32.9 Å². The molecule has 1 N–H and O–H groups in total. The highest BCUT2D eigenvalue weighted by Gasteiger charge is 2.17. The highest BCUT2D eigenvalue weighted by atomic mass is 32.2. The van der Waals surface area contributed by atoms with Gasteiger partial charge in [0.1, 0.15) is 0 Å². The number of hydrogen-bond donors (Lipinski definition) is 1. The van der Waals surface area contributed by atoms with E-state index in [-0.39, 0.29) is 12.3 Å². The Kier molecular flexibility index (Phi) is 6.73. The van der Waals surface area contributed by atoms with Crippen LogP contribution in [0, 0.1) is 12.3 Å². The minimum atomic E-state index is -3.33. The molecule has 0 aromatic heterocycles. The Morgan fingerprint density at radius 3 is 2.40 bits per heavy atom. The van der Waals surface area contributed by atoms with E-state index >= 15 is 0 Å². The van der Waals surface area contributed by atoms with Gasteiger partial charge in [0.05, 0.1) is 12.3 Å². The van der Waals surface area contributed by atoms with Gasteiger partial charge in [-0.25, -0.2) is 8.42 Å². The molecule has 0 aliphatic carbocycles. The highest BCUT2D eigenvalue weighted by molar-refractivity contribution is 7.88. The zero-order valence-corrected chi connectivity index (χ0v) is 12.9. The number of nitrogens with one attached hydrogen (secondary N) is 1. The van der Waals surface area contributed by atoms with Crippen molar-refractivity contribution in [2.24, 2.45) is 0 Å². The summed E-state index contributed by atoms with van der Waals surface area (Å²) in [5.41, 5.74) is 1.92. The van der Waals surface area contributed by atoms with Gasteiger partial charge in [0.25, 0.3) is 0 Å². The second-order valence-corrected chi connectivity index (χ2v) is 6.79. The first-order chi connectivity index (χ1) is 9.49. The molecule has 0 saturated heterocycles. The first-order valence-corrected chi connectivity index (χ1v) is 8.26. The van der Waals surface area contributed by atoms with Crippen LogP contribution in [0.25, 0.3) is 0 Å². The summed E-state index contributed by atoms with van der Waals surface area (Å²) in [4.78, 5) is 0. The minimum Gasteiger partial charge on any atom is -0.313 e. The van der Waals surface area contributed by atoms with Crippen LogP contribution in [0.4, 0.5) is 0 Å². The van der Waals surface area contributed by atoms with Crippen LogP contribution in [-0.2, 0) is 22.3 Å². The average Bonchev–Trinajstić information content (AvgIpc) is 2.41. The van der Waals surface area contributed by atoms with Crippen molar-refractivity contribution < 1.29 is 8.42 Å². The summed E-state index contributed by atoms with van der Waals surface area (Å²) < 4.78 is 25.2. The van der Waals surface area contributed by atoms with Crippen LogP contribution in [0.3, 0.4) is 0 Å². The van der Waals surface area contributed by atoms with E-state index in [2.05, 4.69) is 18.2 Å². The molecule has 0 radical (unpaired) electrons. The van der Waals surface area contributed by atoms with Gasteiger partial charge in [-0.05, 0) is 24.1 Å². The largest absolute Gasteiger partial charge is 0.313 e. The lowest BCUT2D eigenvalue weighted by atomic mass is 10.1. The molecule has 4 nitrogen and oxygen atoms in total. The third-order valence-electron chi connectivity index (χ3n) is 2.92. The molecule has 0 atom stereocenters. The lowest BCUT2D eigenvalue weighted by Crippen LogP contribution is -2.28. The maximum absolute atomic E-state index is 12.0. The molecule has 1 aromatic carbocycles. The van der Waals surface area contributed by atoms with E-state index in [0.29, 0.717) is 0 Å². The third-order valence-corrected chi connectivity index (χ3v) is 4.69. The van der Waals surface area contributed by atoms with Crippen molar-refractivity contribution >= 4 is 10.0 Å². The molecule has 0 spiro atoms. The Hall–Kier alpha value is -1.35. The summed E-state index contributed by atoms with van der Waals surface area (Å²) in [6.45, 7) is 4.00. The van der Waals surface area contributed by atoms with Crippen LogP contribution < -0.4 is 5.32 Å². The summed E-state index contributed by atoms with van der Waals surface area (Å²) in [6, 6.07) is 7.61. The zero-order chi connectivity index (χ0) is 15.0. The normalized spacial score (nSPS) is 11.5. The fourth-order valence-electron chi connectivity index (χ4n) is 1.71. The molecule has 0 amide bonds. The first kappa shape index (κ1) is 16.7. The fraction of sp³-hybridized carbons (Fsp3) is 0.467. The van der Waals surface area contributed by atoms with E-state index in [1.54, 1.807) is 0 Å². The van der Waals surface area contributed by atoms with Crippen LogP contribution in [0.1, 0.15) is 24.5 Å². The summed E-state index contributed by atoms with van der Waals surface area (Å²) in [5, 5.41) is 3.31. The number of terminal acetylenes is 1. The third kappa shape index (κ3) is 5.33. The molecule has 0 heterocycles. The average molecular weight is 294 g/mol. The summed E-state index contributed by atoms with van der Waals surface area (Å²) in [6.07, 6.45) is 6.23. The summed E-state index contributed by atoms with van der Waals surface area (Å²) in [7, 11) is -1.84. The molecular weight excluding hydrogens is 272 g/mol. The van der Waals surface area contributed by atoms with Crippen molar-refractivity contribution in [2.45, 2.75) is 25.6 Å². The minimum absolute atomic E-state index is 0.0200. The molecular formula is C15H22N2O2S. The van der Waals surface area contributed by atoms with Gasteiger partial charge in [0.2, 0.25) is 10.0 Å². The number of rotatable bonds is 8. The molecule has 0 fully saturated rings. The van der Waals surface area contributed by atoms with Gasteiger partial charge in [-0.2, -0.15) is 4.31 Å². The number of sulfonamides is 1. The lowest BCUT2D eigenvalue weighted by molar-refractivity contribution is 0.502. The van der Waals surface area contributed by atoms with Crippen molar-refractivity contribution in [1.29, 1.82) is 0 Å². The Bertz CT molecular complexity index is 544. The van der Waals surface area contributed by atoms with E-state index in [1.807, 2.05) is 24.3 Å². The van der Waals surface area contributed by atoms with E-state index in [4.69, 9.17) is 6.42 Å². The second kappa shape index (κ2) is 8.05. The van der Waals surface area contributed by atoms with Crippen LogP contribution in [0.2, 0.25) is 0 Å². The molecule has 20 heavy (non-hydrogen) atoms. The maximum Gasteiger partial charge on any atom is 0.218 e. The van der Waals surface area contributed by atoms with Gasteiger partial charge >= 0.3 is 0 Å². The van der Waals surface area contributed by atoms with Gasteiger partial charge < -0.3 is 5.32 Å². The van der Waals surface area contributed by atoms with Gasteiger partial charge in [-0.3, -0.25) is 0 Å². The molecule has 1 rings (SSSR count). The highest BCUT2D eigenvalue weighted by Crippen LogP contribution is 2.11. The number of nitrogens with zero attached hydrogens (tertiary/aromatic N) is 1. The van der Waals surface area contributed by atoms with Crippen molar-refractivity contribution in [2.75, 3.05) is 20.1 Å². The van der Waals surface area contributed by atoms with Crippen molar-refractivity contribution in [3.05, 3.63) is 35.4 Å². The van der Waals surface area contributed by atoms with E-state index in [1.165, 1.54) is 11.4 Å². The molecule has 0 bridgehead atoms. The zero-order valence-electron chi connectivity index (χ0n) is 12.1. The summed E-state index contributed by atoms with van der Waals surface area (Å²) >= 11 is 0. The van der Waals surface area contributed by atoms with Crippen molar-refractivity contribution in [3.8, 4) is 12.3 Å². The van der Waals surface area contributed by atoms with E-state index in [0.717, 1.165) is 30.6 Å². The molecule has 110 valence electrons. The van der Waals surface area contributed by atoms with E-state index < -0.39 is 10.0 Å². The van der Waals surface area contributed by atoms with Crippen molar-refractivity contribution in [3.63, 3.8) is 0 Å². The Labute approximate surface area is 122 Å². The molecule has 5 heteroatoms. The predicted molar refractivity (Wildman–Crippen MR) is 82.5 cm³/mol. The second-order valence-electron chi connectivity index (χ2n) is 4.71. The van der Waals surface area contributed by atoms with Crippen LogP contribution in [0.15, 0.2) is 24.3 Å². The Balaban J connectivity index is 2.63. The van der Waals surface area contributed by atoms with Crippen LogP contribution in [0.5, 0.6) is 0 Å². The smallest absolute Gasteiger partial charge is 0.218 e. The Morgan fingerprint density at radius 2 is 1.85 bits per heavy atom.